The number of hydrogen-bond donors (Lipinski definition) is 1. The van der Waals surface area contributed by atoms with Crippen LogP contribution in [0.3, 0.4) is 0 Å². The molecule has 1 N–H and O–H groups in total. The topological polar surface area (TPSA) is 53.9 Å². The van der Waals surface area contributed by atoms with Crippen LogP contribution in [0.2, 0.25) is 0 Å². The van der Waals surface area contributed by atoms with Gasteiger partial charge in [-0.25, -0.2) is 4.98 Å². The molecular weight excluding hydrogens is 250 g/mol. The number of anilines is 2. The van der Waals surface area contributed by atoms with Crippen LogP contribution in [-0.2, 0) is 6.54 Å². The lowest BCUT2D eigenvalue weighted by molar-refractivity contribution is 0.807. The van der Waals surface area contributed by atoms with E-state index in [0.29, 0.717) is 0 Å². The van der Waals surface area contributed by atoms with Crippen LogP contribution < -0.4 is 10.2 Å². The van der Waals surface area contributed by atoms with E-state index in [1.807, 2.05) is 30.7 Å². The van der Waals surface area contributed by atoms with E-state index in [-0.39, 0.29) is 0 Å². The van der Waals surface area contributed by atoms with Crippen molar-refractivity contribution in [3.05, 3.63) is 42.5 Å². The van der Waals surface area contributed by atoms with Crippen molar-refractivity contribution in [1.82, 2.24) is 15.0 Å². The smallest absolute Gasteiger partial charge is 0.149 e. The van der Waals surface area contributed by atoms with Gasteiger partial charge in [-0.3, -0.25) is 9.97 Å². The van der Waals surface area contributed by atoms with Gasteiger partial charge < -0.3 is 10.2 Å². The molecule has 20 heavy (non-hydrogen) atoms. The molecule has 0 aliphatic rings. The monoisotopic (exact) mass is 271 g/mol. The third kappa shape index (κ3) is 3.91. The fourth-order valence-corrected chi connectivity index (χ4v) is 1.91. The van der Waals surface area contributed by atoms with Crippen molar-refractivity contribution in [2.24, 2.45) is 0 Å². The molecule has 2 aromatic rings. The standard InChI is InChI=1S/C15H21N5/c1-3-7-18-14-10-17-11-15(19-14)20(4-2)12-13-5-8-16-9-6-13/h5-6,8-11H,3-4,7,12H2,1-2H3,(H,18,19). The van der Waals surface area contributed by atoms with Crippen molar-refractivity contribution in [3.8, 4) is 0 Å². The average molecular weight is 271 g/mol. The molecule has 0 radical (unpaired) electrons. The van der Waals surface area contributed by atoms with Crippen molar-refractivity contribution >= 4 is 11.6 Å². The second-order valence-electron chi connectivity index (χ2n) is 4.56. The quantitative estimate of drug-likeness (QED) is 0.839. The third-order valence-electron chi connectivity index (χ3n) is 3.01. The van der Waals surface area contributed by atoms with Gasteiger partial charge in [0.05, 0.1) is 12.4 Å². The molecule has 0 saturated carbocycles. The molecule has 2 rings (SSSR count). The Kier molecular flexibility index (Phi) is 5.29. The summed E-state index contributed by atoms with van der Waals surface area (Å²) in [6, 6.07) is 4.05. The van der Waals surface area contributed by atoms with E-state index in [9.17, 15) is 0 Å². The molecule has 0 atom stereocenters. The number of nitrogens with zero attached hydrogens (tertiary/aromatic N) is 4. The lowest BCUT2D eigenvalue weighted by Gasteiger charge is -2.22. The van der Waals surface area contributed by atoms with Crippen LogP contribution in [0.1, 0.15) is 25.8 Å². The van der Waals surface area contributed by atoms with Crippen molar-refractivity contribution in [3.63, 3.8) is 0 Å². The first kappa shape index (κ1) is 14.2. The Balaban J connectivity index is 2.10. The zero-order valence-electron chi connectivity index (χ0n) is 12.1. The molecule has 0 unspecified atom stereocenters. The molecule has 5 nitrogen and oxygen atoms in total. The minimum atomic E-state index is 0.810. The number of pyridine rings is 1. The molecule has 0 aromatic carbocycles. The SMILES string of the molecule is CCCNc1cncc(N(CC)Cc2ccncc2)n1. The lowest BCUT2D eigenvalue weighted by Crippen LogP contribution is -2.23. The van der Waals surface area contributed by atoms with Gasteiger partial charge in [0.25, 0.3) is 0 Å². The van der Waals surface area contributed by atoms with Crippen LogP contribution in [0.25, 0.3) is 0 Å². The molecule has 2 heterocycles. The number of rotatable bonds is 7. The molecule has 0 spiro atoms. The van der Waals surface area contributed by atoms with Gasteiger partial charge in [0, 0.05) is 32.0 Å². The van der Waals surface area contributed by atoms with E-state index >= 15 is 0 Å². The Morgan fingerprint density at radius 1 is 1.10 bits per heavy atom. The third-order valence-corrected chi connectivity index (χ3v) is 3.01. The minimum absolute atomic E-state index is 0.810. The predicted octanol–water partition coefficient (Wildman–Crippen LogP) is 2.72. The maximum atomic E-state index is 4.61. The minimum Gasteiger partial charge on any atom is -0.369 e. The second kappa shape index (κ2) is 7.43. The summed E-state index contributed by atoms with van der Waals surface area (Å²) in [5.41, 5.74) is 1.22. The van der Waals surface area contributed by atoms with Gasteiger partial charge in [-0.1, -0.05) is 6.92 Å². The summed E-state index contributed by atoms with van der Waals surface area (Å²) in [7, 11) is 0. The molecule has 0 aliphatic heterocycles. The van der Waals surface area contributed by atoms with Gasteiger partial charge in [-0.15, -0.1) is 0 Å². The summed E-state index contributed by atoms with van der Waals surface area (Å²) in [6.45, 7) is 6.86. The van der Waals surface area contributed by atoms with E-state index in [4.69, 9.17) is 0 Å². The van der Waals surface area contributed by atoms with Crippen LogP contribution in [-0.4, -0.2) is 28.0 Å². The summed E-state index contributed by atoms with van der Waals surface area (Å²) in [6.07, 6.45) is 8.27. The lowest BCUT2D eigenvalue weighted by atomic mass is 10.2. The van der Waals surface area contributed by atoms with Crippen LogP contribution in [0, 0.1) is 0 Å². The van der Waals surface area contributed by atoms with Crippen LogP contribution in [0.5, 0.6) is 0 Å². The fraction of sp³-hybridized carbons (Fsp3) is 0.400. The number of nitrogens with one attached hydrogen (secondary N) is 1. The maximum Gasteiger partial charge on any atom is 0.149 e. The van der Waals surface area contributed by atoms with Gasteiger partial charge in [0.15, 0.2) is 0 Å². The van der Waals surface area contributed by atoms with Gasteiger partial charge >= 0.3 is 0 Å². The molecular formula is C15H21N5. The fourth-order valence-electron chi connectivity index (χ4n) is 1.91. The molecule has 0 saturated heterocycles. The van der Waals surface area contributed by atoms with Crippen molar-refractivity contribution < 1.29 is 0 Å². The largest absolute Gasteiger partial charge is 0.369 e. The van der Waals surface area contributed by atoms with E-state index in [1.54, 1.807) is 6.20 Å². The summed E-state index contributed by atoms with van der Waals surface area (Å²) in [5, 5.41) is 3.27. The highest BCUT2D eigenvalue weighted by Gasteiger charge is 2.08. The average Bonchev–Trinajstić information content (AvgIpc) is 2.52. The molecule has 0 bridgehead atoms. The van der Waals surface area contributed by atoms with Gasteiger partial charge in [0.1, 0.15) is 11.6 Å². The first-order valence-corrected chi connectivity index (χ1v) is 7.03. The molecule has 0 amide bonds. The van der Waals surface area contributed by atoms with Gasteiger partial charge in [0.2, 0.25) is 0 Å². The second-order valence-corrected chi connectivity index (χ2v) is 4.56. The normalized spacial score (nSPS) is 10.3. The number of hydrogen-bond acceptors (Lipinski definition) is 5. The number of aromatic nitrogens is 3. The summed E-state index contributed by atoms with van der Waals surface area (Å²) in [4.78, 5) is 15.1. The first-order chi connectivity index (χ1) is 9.83. The van der Waals surface area contributed by atoms with Crippen LogP contribution in [0.4, 0.5) is 11.6 Å². The molecule has 2 aromatic heterocycles. The summed E-state index contributed by atoms with van der Waals surface area (Å²) >= 11 is 0. The van der Waals surface area contributed by atoms with E-state index in [0.717, 1.165) is 37.7 Å². The highest BCUT2D eigenvalue weighted by atomic mass is 15.2. The van der Waals surface area contributed by atoms with E-state index in [1.165, 1.54) is 5.56 Å². The highest BCUT2D eigenvalue weighted by Crippen LogP contribution is 2.15. The Morgan fingerprint density at radius 3 is 2.60 bits per heavy atom. The maximum absolute atomic E-state index is 4.61. The Morgan fingerprint density at radius 2 is 1.90 bits per heavy atom. The van der Waals surface area contributed by atoms with E-state index < -0.39 is 0 Å². The van der Waals surface area contributed by atoms with Crippen molar-refractivity contribution in [2.45, 2.75) is 26.8 Å². The zero-order valence-corrected chi connectivity index (χ0v) is 12.1. The van der Waals surface area contributed by atoms with Gasteiger partial charge in [-0.05, 0) is 31.0 Å². The molecule has 0 aliphatic carbocycles. The molecule has 0 fully saturated rings. The van der Waals surface area contributed by atoms with Crippen LogP contribution >= 0.6 is 0 Å². The van der Waals surface area contributed by atoms with Crippen molar-refractivity contribution in [2.75, 3.05) is 23.3 Å². The van der Waals surface area contributed by atoms with Crippen LogP contribution in [0.15, 0.2) is 36.9 Å². The van der Waals surface area contributed by atoms with Crippen molar-refractivity contribution in [1.29, 1.82) is 0 Å². The summed E-state index contributed by atoms with van der Waals surface area (Å²) < 4.78 is 0. The Labute approximate surface area is 120 Å². The Hall–Kier alpha value is -2.17. The van der Waals surface area contributed by atoms with Gasteiger partial charge in [-0.2, -0.15) is 0 Å². The summed E-state index contributed by atoms with van der Waals surface area (Å²) in [5.74, 6) is 1.72. The van der Waals surface area contributed by atoms with E-state index in [2.05, 4.69) is 39.0 Å². The zero-order chi connectivity index (χ0) is 14.2. The molecule has 106 valence electrons. The predicted molar refractivity (Wildman–Crippen MR) is 81.8 cm³/mol. The first-order valence-electron chi connectivity index (χ1n) is 7.03. The Bertz CT molecular complexity index is 515. The highest BCUT2D eigenvalue weighted by molar-refractivity contribution is 5.44. The molecule has 5 heteroatoms.